The molecule has 1 amide bonds. The molecule has 0 saturated heterocycles. The number of carbonyl (C=O) groups excluding carboxylic acids is 1. The van der Waals surface area contributed by atoms with E-state index in [-0.39, 0.29) is 11.9 Å². The predicted octanol–water partition coefficient (Wildman–Crippen LogP) is 4.05. The van der Waals surface area contributed by atoms with Gasteiger partial charge in [0, 0.05) is 35.4 Å². The van der Waals surface area contributed by atoms with Crippen LogP contribution in [0.3, 0.4) is 0 Å². The Morgan fingerprint density at radius 3 is 2.52 bits per heavy atom. The third-order valence-corrected chi connectivity index (χ3v) is 5.14. The van der Waals surface area contributed by atoms with Gasteiger partial charge < -0.3 is 4.90 Å². The van der Waals surface area contributed by atoms with Gasteiger partial charge in [-0.2, -0.15) is 0 Å². The van der Waals surface area contributed by atoms with Crippen LogP contribution in [0.5, 0.6) is 0 Å². The number of carbonyl (C=O) groups is 1. The molecule has 2 heterocycles. The highest BCUT2D eigenvalue weighted by molar-refractivity contribution is 7.11. The van der Waals surface area contributed by atoms with Crippen molar-refractivity contribution in [3.63, 3.8) is 0 Å². The number of aromatic nitrogens is 3. The smallest absolute Gasteiger partial charge is 0.254 e. The van der Waals surface area contributed by atoms with E-state index in [4.69, 9.17) is 0 Å². The minimum atomic E-state index is -0.0823. The lowest BCUT2D eigenvalue weighted by Gasteiger charge is -2.24. The highest BCUT2D eigenvalue weighted by Crippen LogP contribution is 2.27. The van der Waals surface area contributed by atoms with Crippen LogP contribution in [0.25, 0.3) is 11.1 Å². The van der Waals surface area contributed by atoms with Gasteiger partial charge in [0.1, 0.15) is 6.33 Å². The van der Waals surface area contributed by atoms with Crippen LogP contribution in [0.1, 0.15) is 38.9 Å². The average molecular weight is 352 g/mol. The number of rotatable bonds is 4. The molecule has 5 nitrogen and oxygen atoms in total. The Labute approximate surface area is 151 Å². The van der Waals surface area contributed by atoms with Gasteiger partial charge >= 0.3 is 0 Å². The number of hydrogen-bond donors (Lipinski definition) is 0. The fourth-order valence-electron chi connectivity index (χ4n) is 2.78. The van der Waals surface area contributed by atoms with Crippen molar-refractivity contribution in [2.24, 2.45) is 0 Å². The maximum atomic E-state index is 12.9. The average Bonchev–Trinajstić information content (AvgIpc) is 2.99. The molecule has 25 heavy (non-hydrogen) atoms. The van der Waals surface area contributed by atoms with Gasteiger partial charge in [-0.3, -0.25) is 4.79 Å². The topological polar surface area (TPSA) is 59.0 Å². The van der Waals surface area contributed by atoms with E-state index in [2.05, 4.69) is 15.0 Å². The first-order valence-electron chi connectivity index (χ1n) is 8.04. The summed E-state index contributed by atoms with van der Waals surface area (Å²) in [5.41, 5.74) is 3.42. The minimum Gasteiger partial charge on any atom is -0.333 e. The molecule has 0 unspecified atom stereocenters. The highest BCUT2D eigenvalue weighted by atomic mass is 32.1. The molecule has 0 N–H and O–H groups in total. The molecule has 0 aliphatic heterocycles. The van der Waals surface area contributed by atoms with E-state index in [1.807, 2.05) is 52.1 Å². The third kappa shape index (κ3) is 3.58. The lowest BCUT2D eigenvalue weighted by molar-refractivity contribution is 0.0740. The zero-order valence-electron chi connectivity index (χ0n) is 14.7. The molecule has 1 atom stereocenters. The first-order chi connectivity index (χ1) is 12.0. The van der Waals surface area contributed by atoms with Crippen LogP contribution in [0.2, 0.25) is 0 Å². The van der Waals surface area contributed by atoms with E-state index in [9.17, 15) is 4.79 Å². The largest absolute Gasteiger partial charge is 0.333 e. The Bertz CT molecular complexity index is 891. The van der Waals surface area contributed by atoms with E-state index < -0.39 is 0 Å². The molecule has 3 aromatic rings. The van der Waals surface area contributed by atoms with Gasteiger partial charge in [0.05, 0.1) is 16.7 Å². The van der Waals surface area contributed by atoms with Crippen molar-refractivity contribution in [1.82, 2.24) is 19.9 Å². The first kappa shape index (κ1) is 17.2. The Hall–Kier alpha value is -2.60. The molecular formula is C19H20N4OS. The monoisotopic (exact) mass is 352 g/mol. The SMILES string of the molecule is Cc1nc([C@H](C)N(C)C(=O)c2cccc(-c3cncnc3)c2)c(C)s1. The van der Waals surface area contributed by atoms with Gasteiger partial charge in [0.15, 0.2) is 0 Å². The van der Waals surface area contributed by atoms with Crippen molar-refractivity contribution in [3.05, 3.63) is 64.1 Å². The Morgan fingerprint density at radius 2 is 1.88 bits per heavy atom. The third-order valence-electron chi connectivity index (χ3n) is 4.24. The zero-order chi connectivity index (χ0) is 18.0. The molecule has 0 aliphatic carbocycles. The van der Waals surface area contributed by atoms with Crippen LogP contribution >= 0.6 is 11.3 Å². The van der Waals surface area contributed by atoms with Crippen molar-refractivity contribution in [3.8, 4) is 11.1 Å². The molecule has 2 aromatic heterocycles. The Morgan fingerprint density at radius 1 is 1.16 bits per heavy atom. The number of nitrogens with zero attached hydrogens (tertiary/aromatic N) is 4. The van der Waals surface area contributed by atoms with Gasteiger partial charge in [-0.25, -0.2) is 15.0 Å². The summed E-state index contributed by atoms with van der Waals surface area (Å²) in [4.78, 5) is 28.5. The summed E-state index contributed by atoms with van der Waals surface area (Å²) in [6, 6.07) is 7.46. The predicted molar refractivity (Wildman–Crippen MR) is 99.6 cm³/mol. The van der Waals surface area contributed by atoms with E-state index in [1.54, 1.807) is 28.6 Å². The molecule has 0 bridgehead atoms. The second-order valence-electron chi connectivity index (χ2n) is 5.97. The van der Waals surface area contributed by atoms with Gasteiger partial charge in [-0.1, -0.05) is 12.1 Å². The van der Waals surface area contributed by atoms with Crippen LogP contribution < -0.4 is 0 Å². The fourth-order valence-corrected chi connectivity index (χ4v) is 3.68. The van der Waals surface area contributed by atoms with Crippen LogP contribution in [0.15, 0.2) is 43.0 Å². The van der Waals surface area contributed by atoms with Gasteiger partial charge in [0.2, 0.25) is 0 Å². The number of benzene rings is 1. The van der Waals surface area contributed by atoms with Crippen LogP contribution in [-0.2, 0) is 0 Å². The standard InChI is InChI=1S/C19H20N4OS/c1-12(18-13(2)25-14(3)22-18)23(4)19(24)16-7-5-6-15(8-16)17-9-20-11-21-10-17/h5-12H,1-4H3/t12-/m0/s1. The summed E-state index contributed by atoms with van der Waals surface area (Å²) >= 11 is 1.66. The molecule has 1 aromatic carbocycles. The second kappa shape index (κ2) is 7.11. The van der Waals surface area contributed by atoms with E-state index in [1.165, 1.54) is 6.33 Å². The van der Waals surface area contributed by atoms with Crippen molar-refractivity contribution < 1.29 is 4.79 Å². The van der Waals surface area contributed by atoms with Crippen molar-refractivity contribution in [2.45, 2.75) is 26.8 Å². The van der Waals surface area contributed by atoms with Crippen LogP contribution in [0, 0.1) is 13.8 Å². The molecule has 0 aliphatic rings. The molecule has 0 fully saturated rings. The summed E-state index contributed by atoms with van der Waals surface area (Å²) in [6.07, 6.45) is 4.97. The van der Waals surface area contributed by atoms with E-state index >= 15 is 0 Å². The molecular weight excluding hydrogens is 332 g/mol. The van der Waals surface area contributed by atoms with Crippen LogP contribution in [-0.4, -0.2) is 32.8 Å². The molecule has 6 heteroatoms. The number of aryl methyl sites for hydroxylation is 2. The minimum absolute atomic E-state index is 0.0312. The Kier molecular flexibility index (Phi) is 4.90. The molecule has 3 rings (SSSR count). The molecule has 0 radical (unpaired) electrons. The summed E-state index contributed by atoms with van der Waals surface area (Å²) in [5, 5.41) is 1.02. The van der Waals surface area contributed by atoms with Crippen molar-refractivity contribution >= 4 is 17.2 Å². The first-order valence-corrected chi connectivity index (χ1v) is 8.85. The van der Waals surface area contributed by atoms with E-state index in [0.29, 0.717) is 5.56 Å². The summed E-state index contributed by atoms with van der Waals surface area (Å²) in [6.45, 7) is 6.04. The van der Waals surface area contributed by atoms with E-state index in [0.717, 1.165) is 26.7 Å². The molecule has 0 saturated carbocycles. The van der Waals surface area contributed by atoms with Crippen molar-refractivity contribution in [2.75, 3.05) is 7.05 Å². The van der Waals surface area contributed by atoms with Gasteiger partial charge in [-0.05, 0) is 38.5 Å². The highest BCUT2D eigenvalue weighted by Gasteiger charge is 2.22. The second-order valence-corrected chi connectivity index (χ2v) is 7.38. The Balaban J connectivity index is 1.86. The van der Waals surface area contributed by atoms with Crippen LogP contribution in [0.4, 0.5) is 0 Å². The quantitative estimate of drug-likeness (QED) is 0.711. The summed E-state index contributed by atoms with van der Waals surface area (Å²) in [7, 11) is 1.82. The molecule has 0 spiro atoms. The number of amides is 1. The van der Waals surface area contributed by atoms with Gasteiger partial charge in [0.25, 0.3) is 5.91 Å². The fraction of sp³-hybridized carbons (Fsp3) is 0.263. The maximum absolute atomic E-state index is 12.9. The molecule has 128 valence electrons. The summed E-state index contributed by atoms with van der Waals surface area (Å²) < 4.78 is 0. The maximum Gasteiger partial charge on any atom is 0.254 e. The van der Waals surface area contributed by atoms with Crippen molar-refractivity contribution in [1.29, 1.82) is 0 Å². The number of hydrogen-bond acceptors (Lipinski definition) is 5. The summed E-state index contributed by atoms with van der Waals surface area (Å²) in [5.74, 6) is -0.0312. The lowest BCUT2D eigenvalue weighted by atomic mass is 10.0. The number of thiazole rings is 1. The normalized spacial score (nSPS) is 12.0. The zero-order valence-corrected chi connectivity index (χ0v) is 15.5. The lowest BCUT2D eigenvalue weighted by Crippen LogP contribution is -2.30. The van der Waals surface area contributed by atoms with Gasteiger partial charge in [-0.15, -0.1) is 11.3 Å².